The van der Waals surface area contributed by atoms with E-state index in [4.69, 9.17) is 10.5 Å². The summed E-state index contributed by atoms with van der Waals surface area (Å²) in [6, 6.07) is 15.4. The lowest BCUT2D eigenvalue weighted by Gasteiger charge is -2.35. The molecule has 2 N–H and O–H groups in total. The molecular weight excluding hydrogens is 402 g/mol. The van der Waals surface area contributed by atoms with Gasteiger partial charge in [-0.05, 0) is 42.2 Å². The van der Waals surface area contributed by atoms with E-state index in [1.165, 1.54) is 0 Å². The van der Waals surface area contributed by atoms with Gasteiger partial charge in [0.25, 0.3) is 0 Å². The largest absolute Gasteiger partial charge is 0.497 e. The first-order chi connectivity index (χ1) is 14.1. The average Bonchev–Trinajstić information content (AvgIpc) is 2.77. The molecule has 1 heterocycles. The van der Waals surface area contributed by atoms with Crippen LogP contribution in [0.15, 0.2) is 48.5 Å². The van der Waals surface area contributed by atoms with Crippen molar-refractivity contribution in [2.45, 2.75) is 25.7 Å². The van der Waals surface area contributed by atoms with Crippen molar-refractivity contribution in [3.63, 3.8) is 0 Å². The summed E-state index contributed by atoms with van der Waals surface area (Å²) in [6.07, 6.45) is 2.28. The number of amides is 2. The third-order valence-corrected chi connectivity index (χ3v) is 5.43. The number of halogens is 1. The fourth-order valence-corrected chi connectivity index (χ4v) is 3.57. The van der Waals surface area contributed by atoms with E-state index in [9.17, 15) is 9.59 Å². The molecule has 2 amide bonds. The van der Waals surface area contributed by atoms with E-state index in [-0.39, 0.29) is 24.2 Å². The highest BCUT2D eigenvalue weighted by Gasteiger charge is 2.23. The molecule has 2 aromatic rings. The van der Waals surface area contributed by atoms with Crippen LogP contribution in [0, 0.1) is 0 Å². The summed E-state index contributed by atoms with van der Waals surface area (Å²) in [4.78, 5) is 28.7. The molecule has 30 heavy (non-hydrogen) atoms. The van der Waals surface area contributed by atoms with Gasteiger partial charge in [-0.1, -0.05) is 30.3 Å². The lowest BCUT2D eigenvalue weighted by molar-refractivity contribution is -0.139. The van der Waals surface area contributed by atoms with Crippen LogP contribution >= 0.6 is 12.4 Å². The zero-order valence-electron chi connectivity index (χ0n) is 17.4. The van der Waals surface area contributed by atoms with Crippen LogP contribution in [-0.4, -0.2) is 54.9 Å². The number of carbonyl (C=O) groups excluding carboxylic acids is 2. The molecular formula is C23H30ClN3O3. The van der Waals surface area contributed by atoms with Crippen molar-refractivity contribution in [1.29, 1.82) is 0 Å². The third-order valence-electron chi connectivity index (χ3n) is 5.43. The minimum absolute atomic E-state index is 0. The van der Waals surface area contributed by atoms with Crippen molar-refractivity contribution >= 4 is 29.9 Å². The lowest BCUT2D eigenvalue weighted by atomic mass is 10.1. The summed E-state index contributed by atoms with van der Waals surface area (Å²) in [5, 5.41) is 0. The second-order valence-electron chi connectivity index (χ2n) is 7.31. The fraction of sp³-hybridized carbons (Fsp3) is 0.391. The van der Waals surface area contributed by atoms with Crippen LogP contribution < -0.4 is 10.5 Å². The Balaban J connectivity index is 0.00000320. The van der Waals surface area contributed by atoms with Crippen molar-refractivity contribution in [3.8, 4) is 5.75 Å². The van der Waals surface area contributed by atoms with Crippen LogP contribution in [0.5, 0.6) is 5.75 Å². The minimum Gasteiger partial charge on any atom is -0.497 e. The van der Waals surface area contributed by atoms with Gasteiger partial charge in [-0.15, -0.1) is 12.4 Å². The lowest BCUT2D eigenvalue weighted by Crippen LogP contribution is -2.50. The molecule has 0 bridgehead atoms. The number of piperazine rings is 1. The Labute approximate surface area is 184 Å². The maximum Gasteiger partial charge on any atom is 0.223 e. The van der Waals surface area contributed by atoms with Gasteiger partial charge >= 0.3 is 0 Å². The van der Waals surface area contributed by atoms with Gasteiger partial charge in [-0.2, -0.15) is 0 Å². The SMILES string of the molecule is COc1ccc(CCC(=O)N2CCN(C(=O)CCc3ccccc3N)CC2)cc1.Cl. The number of para-hydroxylation sites is 1. The molecule has 1 aliphatic heterocycles. The molecule has 0 aromatic heterocycles. The molecule has 0 spiro atoms. The van der Waals surface area contributed by atoms with Gasteiger partial charge < -0.3 is 20.3 Å². The van der Waals surface area contributed by atoms with E-state index in [0.717, 1.165) is 22.6 Å². The number of hydrogen-bond acceptors (Lipinski definition) is 4. The van der Waals surface area contributed by atoms with Crippen molar-refractivity contribution < 1.29 is 14.3 Å². The highest BCUT2D eigenvalue weighted by Crippen LogP contribution is 2.15. The average molecular weight is 432 g/mol. The van der Waals surface area contributed by atoms with Gasteiger partial charge in [-0.25, -0.2) is 0 Å². The summed E-state index contributed by atoms with van der Waals surface area (Å²) in [6.45, 7) is 2.39. The maximum absolute atomic E-state index is 12.5. The van der Waals surface area contributed by atoms with E-state index in [2.05, 4.69) is 0 Å². The van der Waals surface area contributed by atoms with E-state index in [0.29, 0.717) is 51.9 Å². The molecule has 6 nitrogen and oxygen atoms in total. The van der Waals surface area contributed by atoms with Crippen LogP contribution in [0.1, 0.15) is 24.0 Å². The number of nitrogens with two attached hydrogens (primary N) is 1. The van der Waals surface area contributed by atoms with Gasteiger partial charge in [0, 0.05) is 44.7 Å². The van der Waals surface area contributed by atoms with Crippen molar-refractivity contribution in [2.24, 2.45) is 0 Å². The monoisotopic (exact) mass is 431 g/mol. The molecule has 1 saturated heterocycles. The van der Waals surface area contributed by atoms with Crippen LogP contribution in [-0.2, 0) is 22.4 Å². The number of rotatable bonds is 7. The van der Waals surface area contributed by atoms with Crippen molar-refractivity contribution in [2.75, 3.05) is 39.0 Å². The van der Waals surface area contributed by atoms with Gasteiger partial charge in [0.15, 0.2) is 0 Å². The number of ether oxygens (including phenoxy) is 1. The Hall–Kier alpha value is -2.73. The quantitative estimate of drug-likeness (QED) is 0.684. The van der Waals surface area contributed by atoms with Crippen molar-refractivity contribution in [1.82, 2.24) is 9.80 Å². The van der Waals surface area contributed by atoms with Crippen LogP contribution in [0.25, 0.3) is 0 Å². The first kappa shape index (κ1) is 23.5. The van der Waals surface area contributed by atoms with E-state index in [1.54, 1.807) is 7.11 Å². The summed E-state index contributed by atoms with van der Waals surface area (Å²) >= 11 is 0. The smallest absolute Gasteiger partial charge is 0.223 e. The predicted octanol–water partition coefficient (Wildman–Crippen LogP) is 2.94. The second kappa shape index (κ2) is 11.5. The van der Waals surface area contributed by atoms with E-state index >= 15 is 0 Å². The summed E-state index contributed by atoms with van der Waals surface area (Å²) in [7, 11) is 1.64. The van der Waals surface area contributed by atoms with Gasteiger partial charge in [0.1, 0.15) is 5.75 Å². The molecule has 0 aliphatic carbocycles. The molecule has 0 unspecified atom stereocenters. The molecule has 3 rings (SSSR count). The highest BCUT2D eigenvalue weighted by molar-refractivity contribution is 5.85. The number of nitrogens with zero attached hydrogens (tertiary/aromatic N) is 2. The number of carbonyl (C=O) groups is 2. The maximum atomic E-state index is 12.5. The normalized spacial score (nSPS) is 13.5. The first-order valence-electron chi connectivity index (χ1n) is 10.1. The molecule has 0 radical (unpaired) electrons. The van der Waals surface area contributed by atoms with Gasteiger partial charge in [0.2, 0.25) is 11.8 Å². The van der Waals surface area contributed by atoms with Crippen LogP contribution in [0.3, 0.4) is 0 Å². The molecule has 162 valence electrons. The number of benzene rings is 2. The minimum atomic E-state index is 0. The summed E-state index contributed by atoms with van der Waals surface area (Å²) < 4.78 is 5.15. The fourth-order valence-electron chi connectivity index (χ4n) is 3.57. The van der Waals surface area contributed by atoms with Crippen LogP contribution in [0.2, 0.25) is 0 Å². The Morgan fingerprint density at radius 3 is 1.93 bits per heavy atom. The molecule has 2 aromatic carbocycles. The molecule has 1 fully saturated rings. The van der Waals surface area contributed by atoms with Gasteiger partial charge in [0.05, 0.1) is 7.11 Å². The zero-order chi connectivity index (χ0) is 20.6. The standard InChI is InChI=1S/C23H29N3O3.ClH/c1-29-20-10-6-18(7-11-20)8-12-22(27)25-14-16-26(17-15-25)23(28)13-9-19-4-2-3-5-21(19)24;/h2-7,10-11H,8-9,12-17,24H2,1H3;1H. The topological polar surface area (TPSA) is 75.9 Å². The number of methoxy groups -OCH3 is 1. The Kier molecular flexibility index (Phi) is 8.99. The Bertz CT molecular complexity index is 834. The Morgan fingerprint density at radius 1 is 0.867 bits per heavy atom. The zero-order valence-corrected chi connectivity index (χ0v) is 18.2. The molecule has 7 heteroatoms. The van der Waals surface area contributed by atoms with E-state index < -0.39 is 0 Å². The number of hydrogen-bond donors (Lipinski definition) is 1. The van der Waals surface area contributed by atoms with Gasteiger partial charge in [-0.3, -0.25) is 9.59 Å². The molecule has 0 atom stereocenters. The summed E-state index contributed by atoms with van der Waals surface area (Å²) in [5.74, 6) is 1.08. The molecule has 0 saturated carbocycles. The first-order valence-corrected chi connectivity index (χ1v) is 10.1. The summed E-state index contributed by atoms with van der Waals surface area (Å²) in [5.41, 5.74) is 8.80. The highest BCUT2D eigenvalue weighted by atomic mass is 35.5. The predicted molar refractivity (Wildman–Crippen MR) is 121 cm³/mol. The second-order valence-corrected chi connectivity index (χ2v) is 7.31. The Morgan fingerprint density at radius 2 is 1.40 bits per heavy atom. The number of nitrogen functional groups attached to an aromatic ring is 1. The molecule has 1 aliphatic rings. The van der Waals surface area contributed by atoms with Crippen LogP contribution in [0.4, 0.5) is 5.69 Å². The third kappa shape index (κ3) is 6.39. The number of anilines is 1. The van der Waals surface area contributed by atoms with Crippen molar-refractivity contribution in [3.05, 3.63) is 59.7 Å². The number of aryl methyl sites for hydroxylation is 2. The van der Waals surface area contributed by atoms with E-state index in [1.807, 2.05) is 58.3 Å².